The molecule has 2 atom stereocenters. The van der Waals surface area contributed by atoms with Crippen LogP contribution >= 0.6 is 23.2 Å². The molecule has 0 bridgehead atoms. The molecule has 4 fully saturated rings. The van der Waals surface area contributed by atoms with E-state index in [0.29, 0.717) is 10.0 Å². The minimum Gasteiger partial charge on any atom is -0.303 e. The smallest absolute Gasteiger partial charge is 0.236 e. The third kappa shape index (κ3) is 3.86. The predicted octanol–water partition coefficient (Wildman–Crippen LogP) is 9.07. The van der Waals surface area contributed by atoms with Crippen molar-refractivity contribution in [1.82, 2.24) is 0 Å². The van der Waals surface area contributed by atoms with E-state index in [1.54, 1.807) is 0 Å². The molecule has 4 nitrogen and oxygen atoms in total. The molecule has 2 heterocycles. The van der Waals surface area contributed by atoms with Gasteiger partial charge in [0.05, 0.1) is 22.9 Å². The van der Waals surface area contributed by atoms with Crippen LogP contribution in [-0.2, 0) is 9.59 Å². The van der Waals surface area contributed by atoms with Crippen LogP contribution in [0.4, 0.5) is 11.4 Å². The second-order valence-electron chi connectivity index (χ2n) is 12.2. The number of amides is 2. The zero-order valence-corrected chi connectivity index (χ0v) is 24.1. The second kappa shape index (κ2) is 9.92. The summed E-state index contributed by atoms with van der Waals surface area (Å²) in [7, 11) is 0. The minimum atomic E-state index is -0.341. The van der Waals surface area contributed by atoms with Crippen molar-refractivity contribution in [3.05, 3.63) is 94.0 Å². The lowest BCUT2D eigenvalue weighted by Crippen LogP contribution is -2.64. The molecule has 3 aromatic carbocycles. The number of benzene rings is 3. The summed E-state index contributed by atoms with van der Waals surface area (Å²) in [5, 5.41) is 1.27. The average Bonchev–Trinajstić information content (AvgIpc) is 2.99. The maximum absolute atomic E-state index is 13.8. The zero-order valence-electron chi connectivity index (χ0n) is 22.6. The van der Waals surface area contributed by atoms with Crippen LogP contribution in [0, 0.1) is 10.8 Å². The summed E-state index contributed by atoms with van der Waals surface area (Å²) >= 11 is 12.7. The summed E-state index contributed by atoms with van der Waals surface area (Å²) in [6, 6.07) is 24.1. The lowest BCUT2D eigenvalue weighted by molar-refractivity contribution is -0.144. The highest BCUT2D eigenvalue weighted by atomic mass is 35.5. The Morgan fingerprint density at radius 3 is 1.27 bits per heavy atom. The zero-order chi connectivity index (χ0) is 27.5. The van der Waals surface area contributed by atoms with Crippen LogP contribution < -0.4 is 9.80 Å². The van der Waals surface area contributed by atoms with Crippen molar-refractivity contribution in [3.63, 3.8) is 0 Å². The summed E-state index contributed by atoms with van der Waals surface area (Å²) in [5.41, 5.74) is 3.35. The van der Waals surface area contributed by atoms with E-state index in [1.165, 1.54) is 12.8 Å². The largest absolute Gasteiger partial charge is 0.303 e. The van der Waals surface area contributed by atoms with Gasteiger partial charge in [-0.05, 0) is 73.2 Å². The molecule has 2 saturated carbocycles. The van der Waals surface area contributed by atoms with Gasteiger partial charge in [0.25, 0.3) is 0 Å². The van der Waals surface area contributed by atoms with E-state index in [1.807, 2.05) is 58.3 Å². The van der Waals surface area contributed by atoms with Crippen molar-refractivity contribution in [3.8, 4) is 0 Å². The maximum atomic E-state index is 13.8. The number of hydrogen-bond donors (Lipinski definition) is 0. The van der Waals surface area contributed by atoms with Gasteiger partial charge in [-0.2, -0.15) is 0 Å². The Bertz CT molecular complexity index is 1350. The highest BCUT2D eigenvalue weighted by Crippen LogP contribution is 2.61. The molecular formula is C34H34Cl2N2O2. The maximum Gasteiger partial charge on any atom is 0.236 e. The summed E-state index contributed by atoms with van der Waals surface area (Å²) in [6.45, 7) is 0. The van der Waals surface area contributed by atoms with Crippen LogP contribution in [0.2, 0.25) is 10.0 Å². The number of halogens is 2. The van der Waals surface area contributed by atoms with Crippen LogP contribution in [0.3, 0.4) is 0 Å². The molecule has 2 aliphatic carbocycles. The highest BCUT2D eigenvalue weighted by molar-refractivity contribution is 6.31. The quantitative estimate of drug-likeness (QED) is 0.292. The Morgan fingerprint density at radius 1 is 0.550 bits per heavy atom. The molecule has 6 heteroatoms. The normalized spacial score (nSPS) is 25.1. The molecule has 3 aromatic rings. The van der Waals surface area contributed by atoms with E-state index in [-0.39, 0.29) is 34.7 Å². The van der Waals surface area contributed by atoms with Crippen LogP contribution in [0.1, 0.15) is 87.4 Å². The first-order chi connectivity index (χ1) is 19.4. The molecule has 2 spiro atoms. The second-order valence-corrected chi connectivity index (χ2v) is 13.1. The molecule has 0 aromatic heterocycles. The lowest BCUT2D eigenvalue weighted by Gasteiger charge is -2.59. The van der Waals surface area contributed by atoms with Crippen molar-refractivity contribution in [1.29, 1.82) is 0 Å². The van der Waals surface area contributed by atoms with E-state index in [4.69, 9.17) is 23.2 Å². The fourth-order valence-corrected chi connectivity index (χ4v) is 8.60. The number of carbonyl (C=O) groups excluding carboxylic acids is 2. The minimum absolute atomic E-state index is 0.0106. The third-order valence-electron chi connectivity index (χ3n) is 10.1. The van der Waals surface area contributed by atoms with Gasteiger partial charge < -0.3 is 9.80 Å². The monoisotopic (exact) mass is 572 g/mol. The van der Waals surface area contributed by atoms with E-state index in [0.717, 1.165) is 73.9 Å². The predicted molar refractivity (Wildman–Crippen MR) is 161 cm³/mol. The van der Waals surface area contributed by atoms with E-state index >= 15 is 0 Å². The van der Waals surface area contributed by atoms with Crippen LogP contribution in [0.15, 0.2) is 72.8 Å². The summed E-state index contributed by atoms with van der Waals surface area (Å²) in [4.78, 5) is 31.4. The van der Waals surface area contributed by atoms with Crippen molar-refractivity contribution < 1.29 is 9.59 Å². The molecular weight excluding hydrogens is 539 g/mol. The molecule has 2 unspecified atom stereocenters. The van der Waals surface area contributed by atoms with Gasteiger partial charge in [0, 0.05) is 21.4 Å². The van der Waals surface area contributed by atoms with E-state index < -0.39 is 0 Å². The van der Waals surface area contributed by atoms with Gasteiger partial charge in [-0.25, -0.2) is 0 Å². The number of rotatable bonds is 4. The number of hydrogen-bond acceptors (Lipinski definition) is 2. The van der Waals surface area contributed by atoms with Crippen LogP contribution in [0.5, 0.6) is 0 Å². The highest BCUT2D eigenvalue weighted by Gasteiger charge is 2.62. The fourth-order valence-electron chi connectivity index (χ4n) is 8.23. The first kappa shape index (κ1) is 26.1. The summed E-state index contributed by atoms with van der Waals surface area (Å²) in [5.74, 6) is 0.447. The van der Waals surface area contributed by atoms with Gasteiger partial charge in [0.1, 0.15) is 0 Å². The van der Waals surface area contributed by atoms with Crippen molar-refractivity contribution in [2.45, 2.75) is 76.3 Å². The Morgan fingerprint density at radius 2 is 0.925 bits per heavy atom. The molecule has 2 saturated heterocycles. The van der Waals surface area contributed by atoms with Crippen LogP contribution in [-0.4, -0.2) is 11.8 Å². The van der Waals surface area contributed by atoms with Crippen molar-refractivity contribution in [2.75, 3.05) is 9.80 Å². The molecule has 40 heavy (non-hydrogen) atoms. The molecule has 2 amide bonds. The number of β-lactam (4-membered cyclic amide) rings is 2. The number of carbonyl (C=O) groups is 2. The molecule has 206 valence electrons. The summed E-state index contributed by atoms with van der Waals surface area (Å²) < 4.78 is 0. The van der Waals surface area contributed by atoms with Gasteiger partial charge in [0.2, 0.25) is 11.8 Å². The van der Waals surface area contributed by atoms with Crippen molar-refractivity contribution >= 4 is 46.4 Å². The average molecular weight is 574 g/mol. The Kier molecular flexibility index (Phi) is 6.47. The third-order valence-corrected chi connectivity index (χ3v) is 10.6. The Labute approximate surface area is 246 Å². The molecule has 0 radical (unpaired) electrons. The standard InChI is InChI=1S/C34H34Cl2N2O2/c35-25-9-7-11-27(21-25)37-29(33(31(37)39)17-3-1-4-18-33)23-13-15-24(16-14-23)30-34(19-5-2-6-20-34)32(40)38(30)28-12-8-10-26(36)22-28/h7-16,21-22,29-30H,1-6,17-20H2. The van der Waals surface area contributed by atoms with Gasteiger partial charge in [-0.1, -0.05) is 98.1 Å². The molecule has 0 N–H and O–H groups in total. The Hall–Kier alpha value is -2.82. The van der Waals surface area contributed by atoms with Crippen molar-refractivity contribution in [2.24, 2.45) is 10.8 Å². The molecule has 2 aliphatic heterocycles. The fraction of sp³-hybridized carbons (Fsp3) is 0.412. The van der Waals surface area contributed by atoms with E-state index in [2.05, 4.69) is 24.3 Å². The molecule has 7 rings (SSSR count). The Balaban J connectivity index is 1.26. The lowest BCUT2D eigenvalue weighted by atomic mass is 9.59. The first-order valence-electron chi connectivity index (χ1n) is 14.7. The van der Waals surface area contributed by atoms with Gasteiger partial charge >= 0.3 is 0 Å². The number of nitrogens with zero attached hydrogens (tertiary/aromatic N) is 2. The van der Waals surface area contributed by atoms with Gasteiger partial charge in [0.15, 0.2) is 0 Å². The SMILES string of the molecule is O=C1N(c2cccc(Cl)c2)C(c2ccc(C3N(c4cccc(Cl)c4)C(=O)C34CCCCC4)cc2)C12CCCCC2. The molecule has 4 aliphatic rings. The van der Waals surface area contributed by atoms with Gasteiger partial charge in [-0.15, -0.1) is 0 Å². The number of anilines is 2. The van der Waals surface area contributed by atoms with Crippen LogP contribution in [0.25, 0.3) is 0 Å². The topological polar surface area (TPSA) is 40.6 Å². The summed E-state index contributed by atoms with van der Waals surface area (Å²) in [6.07, 6.45) is 10.4. The van der Waals surface area contributed by atoms with E-state index in [9.17, 15) is 9.59 Å². The first-order valence-corrected chi connectivity index (χ1v) is 15.5. The van der Waals surface area contributed by atoms with Gasteiger partial charge in [-0.3, -0.25) is 9.59 Å².